The number of carbonyl (C=O) groups is 1. The third-order valence-electron chi connectivity index (χ3n) is 2.96. The maximum Gasteiger partial charge on any atom is 0.325 e. The Balaban J connectivity index is 2.56. The smallest absolute Gasteiger partial charge is 0.325 e. The van der Waals surface area contributed by atoms with E-state index in [2.05, 4.69) is 0 Å². The van der Waals surface area contributed by atoms with E-state index in [-0.39, 0.29) is 5.92 Å². The molecule has 0 amide bonds. The number of nitrogens with two attached hydrogens (primary N) is 1. The van der Waals surface area contributed by atoms with E-state index in [1.807, 2.05) is 13.8 Å². The molecule has 0 aromatic heterocycles. The highest BCUT2D eigenvalue weighted by molar-refractivity contribution is 5.77. The van der Waals surface area contributed by atoms with Crippen LogP contribution in [0, 0.1) is 0 Å². The Morgan fingerprint density at radius 2 is 2.00 bits per heavy atom. The van der Waals surface area contributed by atoms with E-state index in [1.54, 1.807) is 12.1 Å². The molecular formula is C13H17NO4. The number of fused-ring (bicyclic) bond motifs is 1. The lowest BCUT2D eigenvalue weighted by Gasteiger charge is -2.25. The third-order valence-corrected chi connectivity index (χ3v) is 2.96. The summed E-state index contributed by atoms with van der Waals surface area (Å²) in [4.78, 5) is 11.0. The molecular weight excluding hydrogens is 234 g/mol. The van der Waals surface area contributed by atoms with Crippen LogP contribution < -0.4 is 15.2 Å². The molecule has 0 radical (unpaired) electrons. The van der Waals surface area contributed by atoms with Crippen molar-refractivity contribution in [1.29, 1.82) is 0 Å². The highest BCUT2D eigenvalue weighted by atomic mass is 16.6. The zero-order valence-corrected chi connectivity index (χ0v) is 10.5. The number of benzene rings is 1. The summed E-state index contributed by atoms with van der Waals surface area (Å²) in [6, 6.07) is 2.39. The second-order valence-corrected chi connectivity index (χ2v) is 4.56. The fourth-order valence-corrected chi connectivity index (χ4v) is 2.15. The molecule has 0 fully saturated rings. The van der Waals surface area contributed by atoms with E-state index in [4.69, 9.17) is 20.3 Å². The second-order valence-electron chi connectivity index (χ2n) is 4.56. The van der Waals surface area contributed by atoms with E-state index >= 15 is 0 Å². The Labute approximate surface area is 106 Å². The minimum absolute atomic E-state index is 0.113. The first-order valence-corrected chi connectivity index (χ1v) is 5.93. The van der Waals surface area contributed by atoms with Gasteiger partial charge in [0.2, 0.25) is 0 Å². The van der Waals surface area contributed by atoms with Crippen LogP contribution in [0.15, 0.2) is 12.1 Å². The molecule has 18 heavy (non-hydrogen) atoms. The summed E-state index contributed by atoms with van der Waals surface area (Å²) in [5.74, 6) is 0.354. The first-order valence-electron chi connectivity index (χ1n) is 5.93. The zero-order chi connectivity index (χ0) is 13.3. The predicted molar refractivity (Wildman–Crippen MR) is 66.1 cm³/mol. The van der Waals surface area contributed by atoms with E-state index in [0.717, 1.165) is 5.56 Å². The summed E-state index contributed by atoms with van der Waals surface area (Å²) in [6.45, 7) is 4.94. The first-order chi connectivity index (χ1) is 8.52. The Bertz CT molecular complexity index is 470. The van der Waals surface area contributed by atoms with Gasteiger partial charge in [-0.3, -0.25) is 4.79 Å². The molecule has 1 aromatic carbocycles. The van der Waals surface area contributed by atoms with Gasteiger partial charge in [0.15, 0.2) is 11.5 Å². The summed E-state index contributed by atoms with van der Waals surface area (Å²) >= 11 is 0. The number of rotatable bonds is 3. The maximum absolute atomic E-state index is 11.0. The van der Waals surface area contributed by atoms with Crippen molar-refractivity contribution < 1.29 is 19.4 Å². The van der Waals surface area contributed by atoms with Crippen molar-refractivity contribution >= 4 is 5.97 Å². The highest BCUT2D eigenvalue weighted by Gasteiger charge is 2.26. The SMILES string of the molecule is CC(C)c1c(C(N)C(=O)O)ccc2c1OCCO2. The normalized spacial score (nSPS) is 15.6. The molecule has 1 aromatic rings. The van der Waals surface area contributed by atoms with Gasteiger partial charge in [-0.25, -0.2) is 0 Å². The van der Waals surface area contributed by atoms with Gasteiger partial charge in [0.25, 0.3) is 0 Å². The van der Waals surface area contributed by atoms with Crippen LogP contribution in [0.5, 0.6) is 11.5 Å². The van der Waals surface area contributed by atoms with Crippen molar-refractivity contribution in [3.8, 4) is 11.5 Å². The number of carboxylic acid groups (broad SMARTS) is 1. The number of hydrogen-bond acceptors (Lipinski definition) is 4. The molecule has 0 aliphatic carbocycles. The van der Waals surface area contributed by atoms with Crippen LogP contribution in [0.2, 0.25) is 0 Å². The van der Waals surface area contributed by atoms with Crippen LogP contribution in [0.4, 0.5) is 0 Å². The van der Waals surface area contributed by atoms with E-state index in [1.165, 1.54) is 0 Å². The van der Waals surface area contributed by atoms with Crippen molar-refractivity contribution in [1.82, 2.24) is 0 Å². The second kappa shape index (κ2) is 4.86. The van der Waals surface area contributed by atoms with Crippen LogP contribution >= 0.6 is 0 Å². The summed E-state index contributed by atoms with van der Waals surface area (Å²) < 4.78 is 11.1. The third kappa shape index (κ3) is 2.13. The Hall–Kier alpha value is -1.75. The van der Waals surface area contributed by atoms with Gasteiger partial charge in [0, 0.05) is 5.56 Å². The molecule has 5 heteroatoms. The highest BCUT2D eigenvalue weighted by Crippen LogP contribution is 2.41. The minimum atomic E-state index is -1.05. The largest absolute Gasteiger partial charge is 0.486 e. The molecule has 1 atom stereocenters. The van der Waals surface area contributed by atoms with Gasteiger partial charge in [-0.2, -0.15) is 0 Å². The lowest BCUT2D eigenvalue weighted by Crippen LogP contribution is -2.24. The summed E-state index contributed by atoms with van der Waals surface area (Å²) in [5, 5.41) is 9.05. The van der Waals surface area contributed by atoms with Crippen LogP contribution in [0.3, 0.4) is 0 Å². The fourth-order valence-electron chi connectivity index (χ4n) is 2.15. The first kappa shape index (κ1) is 12.7. The van der Waals surface area contributed by atoms with Crippen molar-refractivity contribution in [3.63, 3.8) is 0 Å². The average molecular weight is 251 g/mol. The summed E-state index contributed by atoms with van der Waals surface area (Å²) in [5.41, 5.74) is 7.12. The van der Waals surface area contributed by atoms with Crippen molar-refractivity contribution in [2.24, 2.45) is 5.73 Å². The molecule has 98 valence electrons. The van der Waals surface area contributed by atoms with Crippen molar-refractivity contribution in [2.75, 3.05) is 13.2 Å². The van der Waals surface area contributed by atoms with Crippen molar-refractivity contribution in [3.05, 3.63) is 23.3 Å². The Morgan fingerprint density at radius 3 is 2.61 bits per heavy atom. The molecule has 0 spiro atoms. The fraction of sp³-hybridized carbons (Fsp3) is 0.462. The number of ether oxygens (including phenoxy) is 2. The van der Waals surface area contributed by atoms with Gasteiger partial charge in [0.05, 0.1) is 0 Å². The molecule has 0 saturated carbocycles. The zero-order valence-electron chi connectivity index (χ0n) is 10.5. The quantitative estimate of drug-likeness (QED) is 0.853. The van der Waals surface area contributed by atoms with E-state index < -0.39 is 12.0 Å². The summed E-state index contributed by atoms with van der Waals surface area (Å²) in [6.07, 6.45) is 0. The van der Waals surface area contributed by atoms with Crippen molar-refractivity contribution in [2.45, 2.75) is 25.8 Å². The molecule has 1 aliphatic rings. The van der Waals surface area contributed by atoms with Gasteiger partial charge in [-0.05, 0) is 17.5 Å². The molecule has 0 bridgehead atoms. The maximum atomic E-state index is 11.0. The van der Waals surface area contributed by atoms with Gasteiger partial charge in [-0.1, -0.05) is 19.9 Å². The molecule has 5 nitrogen and oxygen atoms in total. The molecule has 2 rings (SSSR count). The lowest BCUT2D eigenvalue weighted by atomic mass is 9.91. The number of hydrogen-bond donors (Lipinski definition) is 2. The Kier molecular flexibility index (Phi) is 3.43. The molecule has 1 aliphatic heterocycles. The van der Waals surface area contributed by atoms with Crippen LogP contribution in [-0.2, 0) is 4.79 Å². The average Bonchev–Trinajstić information content (AvgIpc) is 2.36. The molecule has 0 saturated heterocycles. The van der Waals surface area contributed by atoms with Crippen LogP contribution in [0.1, 0.15) is 36.9 Å². The predicted octanol–water partition coefficient (Wildman–Crippen LogP) is 1.67. The minimum Gasteiger partial charge on any atom is -0.486 e. The van der Waals surface area contributed by atoms with Gasteiger partial charge < -0.3 is 20.3 Å². The van der Waals surface area contributed by atoms with Crippen LogP contribution in [0.25, 0.3) is 0 Å². The Morgan fingerprint density at radius 1 is 1.33 bits per heavy atom. The molecule has 3 N–H and O–H groups in total. The monoisotopic (exact) mass is 251 g/mol. The molecule has 1 heterocycles. The molecule has 1 unspecified atom stereocenters. The number of aliphatic carboxylic acids is 1. The number of carboxylic acids is 1. The standard InChI is InChI=1S/C13H17NO4/c1-7(2)10-8(11(14)13(15)16)3-4-9-12(10)18-6-5-17-9/h3-4,7,11H,5-6,14H2,1-2H3,(H,15,16). The van der Waals surface area contributed by atoms with E-state index in [9.17, 15) is 4.79 Å². The van der Waals surface area contributed by atoms with Gasteiger partial charge in [-0.15, -0.1) is 0 Å². The lowest BCUT2D eigenvalue weighted by molar-refractivity contribution is -0.138. The topological polar surface area (TPSA) is 81.8 Å². The van der Waals surface area contributed by atoms with Crippen LogP contribution in [-0.4, -0.2) is 24.3 Å². The van der Waals surface area contributed by atoms with E-state index in [0.29, 0.717) is 30.3 Å². The van der Waals surface area contributed by atoms with Gasteiger partial charge >= 0.3 is 5.97 Å². The van der Waals surface area contributed by atoms with Gasteiger partial charge in [0.1, 0.15) is 19.3 Å². The summed E-state index contributed by atoms with van der Waals surface area (Å²) in [7, 11) is 0.